The molecule has 0 fully saturated rings. The molecule has 0 saturated carbocycles. The first-order chi connectivity index (χ1) is 13.2. The largest absolute Gasteiger partial charge is 0.378 e. The van der Waals surface area contributed by atoms with Gasteiger partial charge in [0.05, 0.1) is 23.1 Å². The Balaban J connectivity index is 0.00000300. The van der Waals surface area contributed by atoms with E-state index in [0.29, 0.717) is 12.2 Å². The average molecular weight is 420 g/mol. The Labute approximate surface area is 176 Å². The van der Waals surface area contributed by atoms with E-state index in [1.807, 2.05) is 44.4 Å². The summed E-state index contributed by atoms with van der Waals surface area (Å²) in [5.41, 5.74) is 12.6. The number of aryl methyl sites for hydroxylation is 4. The van der Waals surface area contributed by atoms with E-state index in [1.54, 1.807) is 6.92 Å². The van der Waals surface area contributed by atoms with E-state index < -0.39 is 6.04 Å². The van der Waals surface area contributed by atoms with Gasteiger partial charge in [-0.2, -0.15) is 0 Å². The summed E-state index contributed by atoms with van der Waals surface area (Å²) in [5, 5.41) is 6.24. The summed E-state index contributed by atoms with van der Waals surface area (Å²) in [5.74, 6) is -0.494. The first-order valence-corrected chi connectivity index (χ1v) is 9.22. The van der Waals surface area contributed by atoms with Crippen molar-refractivity contribution >= 4 is 35.3 Å². The molecule has 1 aromatic carbocycles. The number of aromatic nitrogens is 2. The van der Waals surface area contributed by atoms with Crippen molar-refractivity contribution in [3.63, 3.8) is 0 Å². The molecule has 1 amide bonds. The van der Waals surface area contributed by atoms with Crippen LogP contribution in [0.5, 0.6) is 0 Å². The second kappa shape index (κ2) is 8.80. The highest BCUT2D eigenvalue weighted by atomic mass is 35.5. The van der Waals surface area contributed by atoms with Crippen LogP contribution in [-0.2, 0) is 11.3 Å². The molecular weight excluding hydrogens is 393 g/mol. The van der Waals surface area contributed by atoms with E-state index in [2.05, 4.69) is 15.6 Å². The van der Waals surface area contributed by atoms with Crippen LogP contribution < -0.4 is 16.4 Å². The van der Waals surface area contributed by atoms with E-state index in [1.165, 1.54) is 12.1 Å². The van der Waals surface area contributed by atoms with E-state index in [0.717, 1.165) is 39.4 Å². The molecule has 0 saturated heterocycles. The molecule has 2 aromatic heterocycles. The predicted octanol–water partition coefficient (Wildman–Crippen LogP) is 4.03. The molecule has 29 heavy (non-hydrogen) atoms. The van der Waals surface area contributed by atoms with Crippen LogP contribution in [0.3, 0.4) is 0 Å². The minimum absolute atomic E-state index is 0. The van der Waals surface area contributed by atoms with Crippen LogP contribution in [0.4, 0.5) is 15.8 Å². The molecule has 8 heteroatoms. The van der Waals surface area contributed by atoms with E-state index in [9.17, 15) is 9.18 Å². The number of carbonyl (C=O) groups is 1. The molecule has 0 spiro atoms. The Hall–Kier alpha value is -2.64. The van der Waals surface area contributed by atoms with Crippen molar-refractivity contribution in [2.24, 2.45) is 5.73 Å². The predicted molar refractivity (Wildman–Crippen MR) is 117 cm³/mol. The molecule has 1 atom stereocenters. The molecule has 3 rings (SSSR count). The molecule has 6 nitrogen and oxygen atoms in total. The van der Waals surface area contributed by atoms with Crippen LogP contribution in [0.15, 0.2) is 24.4 Å². The van der Waals surface area contributed by atoms with Crippen molar-refractivity contribution in [2.45, 2.75) is 47.2 Å². The number of hydrogen-bond acceptors (Lipinski definition) is 4. The Morgan fingerprint density at radius 3 is 2.41 bits per heavy atom. The summed E-state index contributed by atoms with van der Waals surface area (Å²) in [6.07, 6.45) is 1.84. The first kappa shape index (κ1) is 22.6. The van der Waals surface area contributed by atoms with Gasteiger partial charge in [0.1, 0.15) is 5.82 Å². The van der Waals surface area contributed by atoms with Crippen molar-refractivity contribution in [1.29, 1.82) is 0 Å². The van der Waals surface area contributed by atoms with Gasteiger partial charge in [-0.1, -0.05) is 0 Å². The van der Waals surface area contributed by atoms with Crippen LogP contribution in [0.25, 0.3) is 5.65 Å². The summed E-state index contributed by atoms with van der Waals surface area (Å²) in [6, 6.07) is 4.29. The van der Waals surface area contributed by atoms with Crippen LogP contribution >= 0.6 is 12.4 Å². The summed E-state index contributed by atoms with van der Waals surface area (Å²) >= 11 is 0. The zero-order valence-corrected chi connectivity index (χ0v) is 18.1. The van der Waals surface area contributed by atoms with Crippen LogP contribution in [0.1, 0.15) is 35.0 Å². The second-order valence-electron chi connectivity index (χ2n) is 7.27. The number of nitrogens with two attached hydrogens (primary N) is 1. The molecule has 0 radical (unpaired) electrons. The highest BCUT2D eigenvalue weighted by molar-refractivity contribution is 5.95. The van der Waals surface area contributed by atoms with Gasteiger partial charge in [-0.05, 0) is 69.5 Å². The number of nitrogens with one attached hydrogen (secondary N) is 2. The molecular formula is C21H27ClFN5O. The van der Waals surface area contributed by atoms with Crippen molar-refractivity contribution in [1.82, 2.24) is 9.38 Å². The fraction of sp³-hybridized carbons (Fsp3) is 0.333. The maximum Gasteiger partial charge on any atom is 0.241 e. The molecule has 0 aliphatic heterocycles. The second-order valence-corrected chi connectivity index (χ2v) is 7.27. The zero-order chi connectivity index (χ0) is 20.6. The van der Waals surface area contributed by atoms with E-state index >= 15 is 0 Å². The summed E-state index contributed by atoms with van der Waals surface area (Å²) in [4.78, 5) is 16.7. The number of rotatable bonds is 5. The number of pyridine rings is 1. The topological polar surface area (TPSA) is 84.4 Å². The summed E-state index contributed by atoms with van der Waals surface area (Å²) in [7, 11) is 0. The Morgan fingerprint density at radius 2 is 1.83 bits per heavy atom. The number of imidazole rings is 1. The van der Waals surface area contributed by atoms with Gasteiger partial charge >= 0.3 is 0 Å². The fourth-order valence-corrected chi connectivity index (χ4v) is 3.23. The average Bonchev–Trinajstić information content (AvgIpc) is 2.89. The number of halogens is 2. The lowest BCUT2D eigenvalue weighted by atomic mass is 10.0. The van der Waals surface area contributed by atoms with Gasteiger partial charge in [0.25, 0.3) is 0 Å². The Bertz CT molecular complexity index is 1040. The Morgan fingerprint density at radius 1 is 1.21 bits per heavy atom. The fourth-order valence-electron chi connectivity index (χ4n) is 3.23. The highest BCUT2D eigenvalue weighted by Gasteiger charge is 2.14. The van der Waals surface area contributed by atoms with Gasteiger partial charge in [-0.15, -0.1) is 12.4 Å². The molecule has 0 unspecified atom stereocenters. The zero-order valence-electron chi connectivity index (χ0n) is 17.3. The first-order valence-electron chi connectivity index (χ1n) is 9.22. The standard InChI is InChI=1S/C21H26FN5O.ClH/c1-11-6-16(22)7-12(2)18(11)9-24-19-8-17(26-21(28)13(3)23)10-27-15(5)14(4)25-20(19)27;/h6-8,10,13,24H,9,23H2,1-5H3,(H,26,28);1H/t13-;/m0./s1. The number of amides is 1. The molecule has 0 bridgehead atoms. The molecule has 0 aliphatic carbocycles. The monoisotopic (exact) mass is 419 g/mol. The summed E-state index contributed by atoms with van der Waals surface area (Å²) in [6.45, 7) is 9.87. The van der Waals surface area contributed by atoms with Crippen LogP contribution in [-0.4, -0.2) is 21.3 Å². The molecule has 3 aromatic rings. The molecule has 2 heterocycles. The molecule has 156 valence electrons. The maximum absolute atomic E-state index is 13.6. The minimum atomic E-state index is -0.609. The van der Waals surface area contributed by atoms with Crippen molar-refractivity contribution in [3.05, 3.63) is 58.3 Å². The number of nitrogens with zero attached hydrogens (tertiary/aromatic N) is 2. The van der Waals surface area contributed by atoms with Crippen molar-refractivity contribution < 1.29 is 9.18 Å². The van der Waals surface area contributed by atoms with Gasteiger partial charge in [0, 0.05) is 18.4 Å². The molecule has 4 N–H and O–H groups in total. The van der Waals surface area contributed by atoms with Gasteiger partial charge in [-0.3, -0.25) is 4.79 Å². The third-order valence-corrected chi connectivity index (χ3v) is 4.99. The van der Waals surface area contributed by atoms with Crippen LogP contribution in [0.2, 0.25) is 0 Å². The molecule has 0 aliphatic rings. The smallest absolute Gasteiger partial charge is 0.241 e. The van der Waals surface area contributed by atoms with Crippen LogP contribution in [0, 0.1) is 33.5 Å². The normalized spacial score (nSPS) is 11.8. The Kier molecular flexibility index (Phi) is 6.87. The number of fused-ring (bicyclic) bond motifs is 1. The lowest BCUT2D eigenvalue weighted by molar-refractivity contribution is -0.117. The quantitative estimate of drug-likeness (QED) is 0.583. The van der Waals surface area contributed by atoms with Gasteiger partial charge in [0.15, 0.2) is 5.65 Å². The lowest BCUT2D eigenvalue weighted by Crippen LogP contribution is -2.32. The maximum atomic E-state index is 13.6. The van der Waals surface area contributed by atoms with E-state index in [4.69, 9.17) is 5.73 Å². The van der Waals surface area contributed by atoms with E-state index in [-0.39, 0.29) is 24.1 Å². The highest BCUT2D eigenvalue weighted by Crippen LogP contribution is 2.26. The lowest BCUT2D eigenvalue weighted by Gasteiger charge is -2.15. The number of benzene rings is 1. The minimum Gasteiger partial charge on any atom is -0.378 e. The third-order valence-electron chi connectivity index (χ3n) is 4.99. The van der Waals surface area contributed by atoms with Crippen molar-refractivity contribution in [3.8, 4) is 0 Å². The number of hydrogen-bond donors (Lipinski definition) is 3. The number of carbonyl (C=O) groups excluding carboxylic acids is 1. The van der Waals surface area contributed by atoms with Gasteiger partial charge in [0.2, 0.25) is 5.91 Å². The summed E-state index contributed by atoms with van der Waals surface area (Å²) < 4.78 is 15.5. The third kappa shape index (κ3) is 4.68. The SMILES string of the molecule is Cc1cc(F)cc(C)c1CNc1cc(NC(=O)[C@H](C)N)cn2c(C)c(C)nc12.Cl. The number of anilines is 2. The van der Waals surface area contributed by atoms with Gasteiger partial charge < -0.3 is 20.8 Å². The van der Waals surface area contributed by atoms with Crippen molar-refractivity contribution in [2.75, 3.05) is 10.6 Å². The van der Waals surface area contributed by atoms with Gasteiger partial charge in [-0.25, -0.2) is 9.37 Å².